The van der Waals surface area contributed by atoms with Crippen LogP contribution in [0.2, 0.25) is 0 Å². The van der Waals surface area contributed by atoms with Gasteiger partial charge in [0.15, 0.2) is 0 Å². The fourth-order valence-electron chi connectivity index (χ4n) is 3.79. The fraction of sp³-hybridized carbons (Fsp3) is 0.333. The number of fused-ring (bicyclic) bond motifs is 1. The lowest BCUT2D eigenvalue weighted by atomic mass is 9.56. The minimum atomic E-state index is -1.33. The lowest BCUT2D eigenvalue weighted by Gasteiger charge is -2.43. The topological polar surface area (TPSA) is 110 Å². The number of rotatable bonds is 1. The van der Waals surface area contributed by atoms with Gasteiger partial charge in [0.25, 0.3) is 0 Å². The van der Waals surface area contributed by atoms with Crippen molar-refractivity contribution in [3.8, 4) is 18.2 Å². The summed E-state index contributed by atoms with van der Waals surface area (Å²) in [5, 5.41) is 29.4. The predicted octanol–water partition coefficient (Wildman–Crippen LogP) is 2.46. The van der Waals surface area contributed by atoms with Gasteiger partial charge in [-0.15, -0.1) is 0 Å². The molecule has 3 rings (SSSR count). The SMILES string of the molecule is N#CC1=C(N)[C@@](C#N)(c2cccnc2)[C@H](C#N)[C@@H]2CCCC=C12. The van der Waals surface area contributed by atoms with E-state index in [0.717, 1.165) is 24.8 Å². The summed E-state index contributed by atoms with van der Waals surface area (Å²) in [6, 6.07) is 10.2. The molecule has 0 aromatic carbocycles. The molecule has 0 radical (unpaired) electrons. The van der Waals surface area contributed by atoms with Gasteiger partial charge in [0.1, 0.15) is 11.5 Å². The quantitative estimate of drug-likeness (QED) is 0.856. The minimum Gasteiger partial charge on any atom is -0.399 e. The first-order valence-corrected chi connectivity index (χ1v) is 7.52. The van der Waals surface area contributed by atoms with Crippen molar-refractivity contribution < 1.29 is 0 Å². The van der Waals surface area contributed by atoms with Crippen molar-refractivity contribution in [2.45, 2.75) is 24.7 Å². The van der Waals surface area contributed by atoms with Gasteiger partial charge in [-0.2, -0.15) is 15.8 Å². The molecule has 5 heteroatoms. The van der Waals surface area contributed by atoms with Crippen LogP contribution in [0.4, 0.5) is 0 Å². The van der Waals surface area contributed by atoms with E-state index < -0.39 is 11.3 Å². The molecule has 2 N–H and O–H groups in total. The van der Waals surface area contributed by atoms with Crippen LogP contribution in [0.5, 0.6) is 0 Å². The highest BCUT2D eigenvalue weighted by molar-refractivity contribution is 5.60. The van der Waals surface area contributed by atoms with Crippen LogP contribution in [0.1, 0.15) is 24.8 Å². The fourth-order valence-corrected chi connectivity index (χ4v) is 3.79. The lowest BCUT2D eigenvalue weighted by molar-refractivity contribution is 0.312. The Bertz CT molecular complexity index is 816. The van der Waals surface area contributed by atoms with Crippen LogP contribution < -0.4 is 5.73 Å². The van der Waals surface area contributed by atoms with Gasteiger partial charge in [0.2, 0.25) is 0 Å². The van der Waals surface area contributed by atoms with E-state index in [4.69, 9.17) is 5.73 Å². The highest BCUT2D eigenvalue weighted by atomic mass is 14.7. The predicted molar refractivity (Wildman–Crippen MR) is 82.9 cm³/mol. The number of aromatic nitrogens is 1. The molecular weight excluding hydrogens is 286 g/mol. The van der Waals surface area contributed by atoms with E-state index in [9.17, 15) is 15.8 Å². The van der Waals surface area contributed by atoms with Gasteiger partial charge < -0.3 is 5.73 Å². The van der Waals surface area contributed by atoms with Crippen LogP contribution in [0.25, 0.3) is 0 Å². The highest BCUT2D eigenvalue weighted by Gasteiger charge is 2.54. The number of pyridine rings is 1. The second-order valence-corrected chi connectivity index (χ2v) is 5.87. The molecule has 2 aliphatic rings. The van der Waals surface area contributed by atoms with Crippen LogP contribution in [0.3, 0.4) is 0 Å². The molecule has 0 fully saturated rings. The van der Waals surface area contributed by atoms with Crippen LogP contribution in [0.15, 0.2) is 47.4 Å². The van der Waals surface area contributed by atoms with E-state index in [1.54, 1.807) is 24.5 Å². The molecule has 0 saturated carbocycles. The third-order valence-electron chi connectivity index (χ3n) is 4.88. The summed E-state index contributed by atoms with van der Waals surface area (Å²) in [7, 11) is 0. The van der Waals surface area contributed by atoms with Crippen molar-refractivity contribution in [2.75, 3.05) is 0 Å². The van der Waals surface area contributed by atoms with Gasteiger partial charge in [0, 0.05) is 18.3 Å². The van der Waals surface area contributed by atoms with E-state index in [2.05, 4.69) is 23.2 Å². The van der Waals surface area contributed by atoms with Crippen LogP contribution in [0, 0.1) is 45.8 Å². The summed E-state index contributed by atoms with van der Waals surface area (Å²) in [4.78, 5) is 4.07. The van der Waals surface area contributed by atoms with Crippen molar-refractivity contribution >= 4 is 0 Å². The average molecular weight is 301 g/mol. The number of nitriles is 3. The van der Waals surface area contributed by atoms with Crippen molar-refractivity contribution in [3.05, 3.63) is 53.0 Å². The standard InChI is InChI=1S/C18H15N5/c19-8-15-13-5-1-2-6-14(13)16(9-20)18(11-21,17(15)22)12-4-3-7-23-10-12/h3-5,7,10,14,16H,1-2,6,22H2/t14-,16-,18+/m1/s1. The normalized spacial score (nSPS) is 29.5. The summed E-state index contributed by atoms with van der Waals surface area (Å²) in [6.07, 6.45) is 7.76. The first-order chi connectivity index (χ1) is 11.2. The molecule has 0 spiro atoms. The first-order valence-electron chi connectivity index (χ1n) is 7.52. The zero-order valence-electron chi connectivity index (χ0n) is 12.5. The maximum absolute atomic E-state index is 10.00. The molecule has 23 heavy (non-hydrogen) atoms. The number of nitrogens with two attached hydrogens (primary N) is 1. The lowest BCUT2D eigenvalue weighted by Crippen LogP contribution is -2.47. The Labute approximate surface area is 135 Å². The molecular formula is C18H15N5. The average Bonchev–Trinajstić information content (AvgIpc) is 2.61. The molecule has 3 atom stereocenters. The Balaban J connectivity index is 2.36. The Morgan fingerprint density at radius 1 is 1.30 bits per heavy atom. The molecule has 112 valence electrons. The van der Waals surface area contributed by atoms with Gasteiger partial charge in [-0.05, 0) is 36.5 Å². The summed E-state index contributed by atoms with van der Waals surface area (Å²) in [6.45, 7) is 0. The maximum Gasteiger partial charge on any atom is 0.140 e. The van der Waals surface area contributed by atoms with E-state index >= 15 is 0 Å². The van der Waals surface area contributed by atoms with Crippen molar-refractivity contribution in [1.29, 1.82) is 15.8 Å². The molecule has 0 unspecified atom stereocenters. The number of nitrogens with zero attached hydrogens (tertiary/aromatic N) is 4. The summed E-state index contributed by atoms with van der Waals surface area (Å²) in [5.41, 5.74) is 6.90. The second-order valence-electron chi connectivity index (χ2n) is 5.87. The van der Waals surface area contributed by atoms with Crippen LogP contribution in [-0.2, 0) is 5.41 Å². The number of allylic oxidation sites excluding steroid dienone is 4. The van der Waals surface area contributed by atoms with Crippen molar-refractivity contribution in [3.63, 3.8) is 0 Å². The third kappa shape index (κ3) is 1.93. The smallest absolute Gasteiger partial charge is 0.140 e. The zero-order valence-corrected chi connectivity index (χ0v) is 12.5. The van der Waals surface area contributed by atoms with E-state index in [-0.39, 0.29) is 11.6 Å². The summed E-state index contributed by atoms with van der Waals surface area (Å²) >= 11 is 0. The van der Waals surface area contributed by atoms with Crippen molar-refractivity contribution in [1.82, 2.24) is 4.98 Å². The third-order valence-corrected chi connectivity index (χ3v) is 4.88. The van der Waals surface area contributed by atoms with E-state index in [1.807, 2.05) is 6.08 Å². The summed E-state index contributed by atoms with van der Waals surface area (Å²) in [5.74, 6) is -0.768. The van der Waals surface area contributed by atoms with Crippen LogP contribution in [-0.4, -0.2) is 4.98 Å². The summed E-state index contributed by atoms with van der Waals surface area (Å²) < 4.78 is 0. The van der Waals surface area contributed by atoms with Gasteiger partial charge in [0.05, 0.1) is 29.3 Å². The number of hydrogen-bond acceptors (Lipinski definition) is 5. The van der Waals surface area contributed by atoms with Gasteiger partial charge in [-0.3, -0.25) is 4.98 Å². The Kier molecular flexibility index (Phi) is 3.61. The van der Waals surface area contributed by atoms with Gasteiger partial charge >= 0.3 is 0 Å². The molecule has 0 saturated heterocycles. The Hall–Kier alpha value is -3.10. The molecule has 1 aromatic rings. The molecule has 0 aliphatic heterocycles. The van der Waals surface area contributed by atoms with Crippen molar-refractivity contribution in [2.24, 2.45) is 17.6 Å². The maximum atomic E-state index is 10.00. The molecule has 0 bridgehead atoms. The highest BCUT2D eigenvalue weighted by Crippen LogP contribution is 2.52. The number of hydrogen-bond donors (Lipinski definition) is 1. The van der Waals surface area contributed by atoms with E-state index in [0.29, 0.717) is 11.1 Å². The monoisotopic (exact) mass is 301 g/mol. The van der Waals surface area contributed by atoms with Gasteiger partial charge in [-0.1, -0.05) is 12.1 Å². The van der Waals surface area contributed by atoms with E-state index in [1.165, 1.54) is 0 Å². The Morgan fingerprint density at radius 2 is 2.13 bits per heavy atom. The molecule has 1 aromatic heterocycles. The van der Waals surface area contributed by atoms with Gasteiger partial charge in [-0.25, -0.2) is 0 Å². The molecule has 1 heterocycles. The minimum absolute atomic E-state index is 0.143. The molecule has 0 amide bonds. The Morgan fingerprint density at radius 3 is 2.74 bits per heavy atom. The largest absolute Gasteiger partial charge is 0.399 e. The molecule has 5 nitrogen and oxygen atoms in total. The first kappa shape index (κ1) is 14.8. The molecule has 2 aliphatic carbocycles. The van der Waals surface area contributed by atoms with Crippen LogP contribution >= 0.6 is 0 Å². The zero-order chi connectivity index (χ0) is 16.4. The second kappa shape index (κ2) is 5.59.